The fourth-order valence-electron chi connectivity index (χ4n) is 4.20. The summed E-state index contributed by atoms with van der Waals surface area (Å²) in [4.78, 5) is 9.61. The van der Waals surface area contributed by atoms with Gasteiger partial charge in [0.2, 0.25) is 0 Å². The molecule has 4 rings (SSSR count). The molecule has 156 valence electrons. The van der Waals surface area contributed by atoms with Crippen molar-refractivity contribution in [3.05, 3.63) is 29.5 Å². The lowest BCUT2D eigenvalue weighted by atomic mass is 10.1. The summed E-state index contributed by atoms with van der Waals surface area (Å²) in [6.07, 6.45) is 4.34. The van der Waals surface area contributed by atoms with Gasteiger partial charge in [-0.25, -0.2) is 4.68 Å². The number of likely N-dealkylation sites (N-methyl/N-ethyl adjacent to an activating group) is 1. The van der Waals surface area contributed by atoms with Gasteiger partial charge < -0.3 is 19.6 Å². The molecule has 3 heterocycles. The number of aryl methyl sites for hydroxylation is 2. The summed E-state index contributed by atoms with van der Waals surface area (Å²) >= 11 is 1.66. The minimum absolute atomic E-state index is 0.241. The number of piperidine rings is 1. The van der Waals surface area contributed by atoms with Gasteiger partial charge in [0.1, 0.15) is 11.4 Å². The van der Waals surface area contributed by atoms with E-state index in [0.717, 1.165) is 46.2 Å². The molecule has 3 aromatic rings. The Morgan fingerprint density at radius 1 is 1.34 bits per heavy atom. The van der Waals surface area contributed by atoms with Crippen LogP contribution < -0.4 is 4.90 Å². The maximum atomic E-state index is 10.4. The summed E-state index contributed by atoms with van der Waals surface area (Å²) in [5, 5.41) is 16.1. The number of hydrogen-bond acceptors (Lipinski definition) is 7. The van der Waals surface area contributed by atoms with E-state index >= 15 is 0 Å². The van der Waals surface area contributed by atoms with Crippen molar-refractivity contribution < 1.29 is 9.84 Å². The van der Waals surface area contributed by atoms with E-state index in [4.69, 9.17) is 9.72 Å². The fraction of sp³-hybridized carbons (Fsp3) is 0.524. The van der Waals surface area contributed by atoms with Crippen molar-refractivity contribution in [1.29, 1.82) is 0 Å². The topological polar surface area (TPSA) is 66.6 Å². The molecule has 29 heavy (non-hydrogen) atoms. The lowest BCUT2D eigenvalue weighted by molar-refractivity contribution is 0.193. The van der Waals surface area contributed by atoms with Gasteiger partial charge in [-0.3, -0.25) is 0 Å². The molecule has 1 fully saturated rings. The van der Waals surface area contributed by atoms with E-state index in [0.29, 0.717) is 18.3 Å². The molecule has 0 saturated carbocycles. The largest absolute Gasteiger partial charge is 0.506 e. The molecule has 0 bridgehead atoms. The Morgan fingerprint density at radius 3 is 2.86 bits per heavy atom. The van der Waals surface area contributed by atoms with Gasteiger partial charge >= 0.3 is 0 Å². The standard InChI is InChI=1S/C21H29N5O2S/c1-14-10-15(2)19(17(27)11-14)26-13-18-20(23-26)22-21(29-18)25(8-9-28-4)16-6-5-7-24(3)12-16/h10-11,13,16,27H,5-9,12H2,1-4H3/t16-/m1/s1. The van der Waals surface area contributed by atoms with Crippen LogP contribution in [0.2, 0.25) is 0 Å². The van der Waals surface area contributed by atoms with Crippen molar-refractivity contribution in [3.63, 3.8) is 0 Å². The predicted molar refractivity (Wildman–Crippen MR) is 118 cm³/mol. The molecule has 2 aromatic heterocycles. The summed E-state index contributed by atoms with van der Waals surface area (Å²) < 4.78 is 8.12. The van der Waals surface area contributed by atoms with Gasteiger partial charge in [0.15, 0.2) is 10.8 Å². The van der Waals surface area contributed by atoms with Crippen LogP contribution in [0.25, 0.3) is 16.0 Å². The van der Waals surface area contributed by atoms with Gasteiger partial charge in [-0.2, -0.15) is 4.98 Å². The number of aromatic nitrogens is 3. The van der Waals surface area contributed by atoms with Crippen molar-refractivity contribution in [1.82, 2.24) is 19.7 Å². The highest BCUT2D eigenvalue weighted by Crippen LogP contribution is 2.33. The number of ether oxygens (including phenoxy) is 1. The number of phenols is 1. The number of aromatic hydroxyl groups is 1. The number of likely N-dealkylation sites (tertiary alicyclic amines) is 1. The Labute approximate surface area is 175 Å². The third-order valence-corrected chi connectivity index (χ3v) is 6.56. The van der Waals surface area contributed by atoms with Crippen LogP contribution in [0.15, 0.2) is 18.3 Å². The minimum atomic E-state index is 0.241. The molecule has 0 aliphatic carbocycles. The van der Waals surface area contributed by atoms with Crippen LogP contribution in [-0.2, 0) is 4.74 Å². The molecule has 0 radical (unpaired) electrons. The van der Waals surface area contributed by atoms with E-state index in [2.05, 4.69) is 28.0 Å². The molecule has 1 aromatic carbocycles. The van der Waals surface area contributed by atoms with E-state index in [1.165, 1.54) is 12.8 Å². The first-order valence-electron chi connectivity index (χ1n) is 10.1. The number of nitrogens with zero attached hydrogens (tertiary/aromatic N) is 5. The van der Waals surface area contributed by atoms with Crippen molar-refractivity contribution >= 4 is 26.8 Å². The quantitative estimate of drug-likeness (QED) is 0.666. The minimum Gasteiger partial charge on any atom is -0.506 e. The number of phenolic OH excluding ortho intramolecular Hbond substituents is 1. The lowest BCUT2D eigenvalue weighted by Crippen LogP contribution is -2.48. The monoisotopic (exact) mass is 415 g/mol. The molecule has 1 aliphatic heterocycles. The van der Waals surface area contributed by atoms with Gasteiger partial charge in [-0.1, -0.05) is 17.4 Å². The molecule has 0 amide bonds. The van der Waals surface area contributed by atoms with Crippen molar-refractivity contribution in [2.24, 2.45) is 0 Å². The number of thiazole rings is 1. The molecular formula is C21H29N5O2S. The molecule has 1 saturated heterocycles. The zero-order chi connectivity index (χ0) is 20.5. The van der Waals surface area contributed by atoms with E-state index in [-0.39, 0.29) is 5.75 Å². The zero-order valence-electron chi connectivity index (χ0n) is 17.6. The normalized spacial score (nSPS) is 17.9. The molecule has 1 N–H and O–H groups in total. The predicted octanol–water partition coefficient (Wildman–Crippen LogP) is 3.35. The Morgan fingerprint density at radius 2 is 2.17 bits per heavy atom. The van der Waals surface area contributed by atoms with Crippen LogP contribution in [0, 0.1) is 13.8 Å². The maximum Gasteiger partial charge on any atom is 0.194 e. The van der Waals surface area contributed by atoms with Crippen molar-refractivity contribution in [2.75, 3.05) is 45.3 Å². The Bertz CT molecular complexity index is 944. The highest BCUT2D eigenvalue weighted by molar-refractivity contribution is 7.22. The molecular weight excluding hydrogens is 386 g/mol. The summed E-state index contributed by atoms with van der Waals surface area (Å²) in [6, 6.07) is 4.26. The summed E-state index contributed by atoms with van der Waals surface area (Å²) in [7, 11) is 3.92. The molecule has 1 aliphatic rings. The van der Waals surface area contributed by atoms with Gasteiger partial charge in [-0.15, -0.1) is 5.10 Å². The van der Waals surface area contributed by atoms with Crippen molar-refractivity contribution in [3.8, 4) is 11.4 Å². The molecule has 7 nitrogen and oxygen atoms in total. The van der Waals surface area contributed by atoms with E-state index in [1.54, 1.807) is 29.2 Å². The first kappa shape index (κ1) is 20.1. The molecule has 0 unspecified atom stereocenters. The summed E-state index contributed by atoms with van der Waals surface area (Å²) in [5.41, 5.74) is 3.46. The Kier molecular flexibility index (Phi) is 5.76. The summed E-state index contributed by atoms with van der Waals surface area (Å²) in [5.74, 6) is 0.241. The smallest absolute Gasteiger partial charge is 0.194 e. The average Bonchev–Trinajstić information content (AvgIpc) is 3.20. The van der Waals surface area contributed by atoms with E-state index in [1.807, 2.05) is 20.0 Å². The zero-order valence-corrected chi connectivity index (χ0v) is 18.4. The average molecular weight is 416 g/mol. The number of anilines is 1. The molecule has 0 spiro atoms. The number of hydrogen-bond donors (Lipinski definition) is 1. The number of benzene rings is 1. The van der Waals surface area contributed by atoms with Gasteiger partial charge in [0.25, 0.3) is 0 Å². The third kappa shape index (κ3) is 4.10. The second-order valence-corrected chi connectivity index (χ2v) is 8.96. The number of rotatable bonds is 6. The van der Waals surface area contributed by atoms with Gasteiger partial charge in [0, 0.05) is 26.2 Å². The lowest BCUT2D eigenvalue weighted by Gasteiger charge is -2.37. The highest BCUT2D eigenvalue weighted by atomic mass is 32.1. The van der Waals surface area contributed by atoms with E-state index in [9.17, 15) is 5.11 Å². The van der Waals surface area contributed by atoms with Crippen LogP contribution in [0.1, 0.15) is 24.0 Å². The Balaban J connectivity index is 1.65. The van der Waals surface area contributed by atoms with Crippen LogP contribution in [-0.4, -0.2) is 71.2 Å². The fourth-order valence-corrected chi connectivity index (χ4v) is 5.22. The van der Waals surface area contributed by atoms with Gasteiger partial charge in [-0.05, 0) is 57.5 Å². The van der Waals surface area contributed by atoms with Crippen LogP contribution in [0.4, 0.5) is 5.13 Å². The SMILES string of the molecule is COCCN(c1nc2nn(-c3c(C)cc(C)cc3O)cc2s1)[C@@H]1CCCN(C)C1. The first-order chi connectivity index (χ1) is 14.0. The third-order valence-electron chi connectivity index (χ3n) is 5.54. The van der Waals surface area contributed by atoms with E-state index < -0.39 is 0 Å². The van der Waals surface area contributed by atoms with Crippen LogP contribution in [0.3, 0.4) is 0 Å². The number of methoxy groups -OCH3 is 1. The summed E-state index contributed by atoms with van der Waals surface area (Å²) in [6.45, 7) is 7.65. The second kappa shape index (κ2) is 8.30. The van der Waals surface area contributed by atoms with Crippen LogP contribution >= 0.6 is 11.3 Å². The second-order valence-electron chi connectivity index (χ2n) is 7.95. The first-order valence-corrected chi connectivity index (χ1v) is 10.9. The highest BCUT2D eigenvalue weighted by Gasteiger charge is 2.26. The van der Waals surface area contributed by atoms with Crippen LogP contribution in [0.5, 0.6) is 5.75 Å². The molecule has 8 heteroatoms. The Hall–Kier alpha value is -2.16. The number of fused-ring (bicyclic) bond motifs is 1. The maximum absolute atomic E-state index is 10.4. The van der Waals surface area contributed by atoms with Crippen molar-refractivity contribution in [2.45, 2.75) is 32.7 Å². The van der Waals surface area contributed by atoms with Gasteiger partial charge in [0.05, 0.1) is 17.5 Å². The molecule has 1 atom stereocenters.